The second kappa shape index (κ2) is 6.14. The largest absolute Gasteiger partial charge is 0.453 e. The Bertz CT molecular complexity index is 576. The summed E-state index contributed by atoms with van der Waals surface area (Å²) in [4.78, 5) is 15.8. The van der Waals surface area contributed by atoms with Gasteiger partial charge in [-0.3, -0.25) is 0 Å². The smallest absolute Gasteiger partial charge is 0.358 e. The van der Waals surface area contributed by atoms with Gasteiger partial charge in [0.2, 0.25) is 0 Å². The highest BCUT2D eigenvalue weighted by Gasteiger charge is 2.13. The second-order valence-corrected chi connectivity index (χ2v) is 4.58. The molecule has 2 heterocycles. The van der Waals surface area contributed by atoms with Crippen LogP contribution in [0.5, 0.6) is 0 Å². The number of nitrogens with zero attached hydrogens (tertiary/aromatic N) is 2. The summed E-state index contributed by atoms with van der Waals surface area (Å²) in [5, 5.41) is 9.00. The summed E-state index contributed by atoms with van der Waals surface area (Å²) in [6.45, 7) is 6.03. The zero-order chi connectivity index (χ0) is 13.7. The molecular formula is C12H13N3O3S. The lowest BCUT2D eigenvalue weighted by molar-refractivity contribution is 0.0431. The summed E-state index contributed by atoms with van der Waals surface area (Å²) in [6, 6.07) is 1.71. The molecule has 0 amide bonds. The number of rotatable bonds is 6. The van der Waals surface area contributed by atoms with Crippen LogP contribution < -0.4 is 5.32 Å². The summed E-state index contributed by atoms with van der Waals surface area (Å²) in [7, 11) is 0. The van der Waals surface area contributed by atoms with Crippen molar-refractivity contribution in [1.29, 1.82) is 0 Å². The molecule has 0 aromatic carbocycles. The van der Waals surface area contributed by atoms with E-state index in [9.17, 15) is 4.79 Å². The molecule has 7 heteroatoms. The fraction of sp³-hybridized carbons (Fsp3) is 0.250. The Morgan fingerprint density at radius 2 is 2.53 bits per heavy atom. The normalized spacial score (nSPS) is 10.2. The van der Waals surface area contributed by atoms with Crippen molar-refractivity contribution in [3.05, 3.63) is 41.2 Å². The Balaban J connectivity index is 1.88. The van der Waals surface area contributed by atoms with Crippen LogP contribution in [0.2, 0.25) is 0 Å². The number of carbonyl (C=O) groups is 1. The predicted molar refractivity (Wildman–Crippen MR) is 71.2 cm³/mol. The van der Waals surface area contributed by atoms with E-state index in [4.69, 9.17) is 9.26 Å². The minimum absolute atomic E-state index is 0.0482. The first kappa shape index (κ1) is 13.3. The van der Waals surface area contributed by atoms with Gasteiger partial charge in [0.25, 0.3) is 0 Å². The molecule has 0 fully saturated rings. The van der Waals surface area contributed by atoms with Crippen LogP contribution in [0.3, 0.4) is 0 Å². The van der Waals surface area contributed by atoms with Gasteiger partial charge in [0.15, 0.2) is 23.2 Å². The van der Waals surface area contributed by atoms with Crippen LogP contribution in [-0.4, -0.2) is 22.7 Å². The van der Waals surface area contributed by atoms with Crippen molar-refractivity contribution in [3.63, 3.8) is 0 Å². The molecule has 0 bridgehead atoms. The molecule has 0 atom stereocenters. The number of esters is 1. The minimum Gasteiger partial charge on any atom is -0.453 e. The average molecular weight is 279 g/mol. The van der Waals surface area contributed by atoms with E-state index in [1.165, 1.54) is 11.3 Å². The lowest BCUT2D eigenvalue weighted by Crippen LogP contribution is -2.06. The van der Waals surface area contributed by atoms with Crippen molar-refractivity contribution in [2.75, 3.05) is 11.9 Å². The van der Waals surface area contributed by atoms with Gasteiger partial charge in [0, 0.05) is 18.0 Å². The maximum absolute atomic E-state index is 11.7. The molecule has 2 aromatic rings. The zero-order valence-corrected chi connectivity index (χ0v) is 11.2. The zero-order valence-electron chi connectivity index (χ0n) is 10.4. The number of anilines is 1. The van der Waals surface area contributed by atoms with E-state index in [2.05, 4.69) is 22.0 Å². The Labute approximate surface area is 114 Å². The van der Waals surface area contributed by atoms with Crippen molar-refractivity contribution in [3.8, 4) is 0 Å². The van der Waals surface area contributed by atoms with Gasteiger partial charge >= 0.3 is 5.97 Å². The summed E-state index contributed by atoms with van der Waals surface area (Å²) < 4.78 is 10.0. The Hall–Kier alpha value is -2.15. The Kier molecular flexibility index (Phi) is 4.30. The first-order chi connectivity index (χ1) is 9.19. The topological polar surface area (TPSA) is 77.2 Å². The molecule has 100 valence electrons. The van der Waals surface area contributed by atoms with Crippen LogP contribution >= 0.6 is 11.3 Å². The molecule has 19 heavy (non-hydrogen) atoms. The van der Waals surface area contributed by atoms with E-state index >= 15 is 0 Å². The first-order valence-electron chi connectivity index (χ1n) is 5.58. The van der Waals surface area contributed by atoms with Crippen LogP contribution in [0.25, 0.3) is 0 Å². The number of aryl methyl sites for hydroxylation is 1. The van der Waals surface area contributed by atoms with Crippen molar-refractivity contribution in [1.82, 2.24) is 10.1 Å². The number of aromatic nitrogens is 2. The molecule has 1 N–H and O–H groups in total. The van der Waals surface area contributed by atoms with E-state index in [0.29, 0.717) is 17.4 Å². The third-order valence-electron chi connectivity index (χ3n) is 2.13. The third-order valence-corrected chi connectivity index (χ3v) is 2.93. The summed E-state index contributed by atoms with van der Waals surface area (Å²) in [5.41, 5.74) is 1.02. The SMILES string of the molecule is C=CCNc1nc(C(=O)OCc2cc(C)no2)cs1. The highest BCUT2D eigenvalue weighted by atomic mass is 32.1. The number of nitrogens with one attached hydrogen (secondary N) is 1. The highest BCUT2D eigenvalue weighted by Crippen LogP contribution is 2.16. The molecule has 2 rings (SSSR count). The van der Waals surface area contributed by atoms with Gasteiger partial charge in [0.05, 0.1) is 5.69 Å². The molecule has 0 saturated heterocycles. The van der Waals surface area contributed by atoms with Crippen LogP contribution in [0.15, 0.2) is 28.6 Å². The fourth-order valence-corrected chi connectivity index (χ4v) is 1.99. The third kappa shape index (κ3) is 3.65. The monoisotopic (exact) mass is 279 g/mol. The summed E-state index contributed by atoms with van der Waals surface area (Å²) >= 11 is 1.34. The van der Waals surface area contributed by atoms with Crippen LogP contribution in [0.1, 0.15) is 21.9 Å². The van der Waals surface area contributed by atoms with E-state index in [0.717, 1.165) is 5.69 Å². The Morgan fingerprint density at radius 1 is 1.68 bits per heavy atom. The second-order valence-electron chi connectivity index (χ2n) is 3.72. The van der Waals surface area contributed by atoms with Gasteiger partial charge in [-0.25, -0.2) is 9.78 Å². The number of hydrogen-bond donors (Lipinski definition) is 1. The van der Waals surface area contributed by atoms with Crippen LogP contribution in [-0.2, 0) is 11.3 Å². The van der Waals surface area contributed by atoms with Crippen LogP contribution in [0.4, 0.5) is 5.13 Å². The van der Waals surface area contributed by atoms with Gasteiger partial charge < -0.3 is 14.6 Å². The molecular weight excluding hydrogens is 266 g/mol. The van der Waals surface area contributed by atoms with Crippen molar-refractivity contribution in [2.24, 2.45) is 0 Å². The highest BCUT2D eigenvalue weighted by molar-refractivity contribution is 7.13. The summed E-state index contributed by atoms with van der Waals surface area (Å²) in [5.74, 6) is 0.0167. The van der Waals surface area contributed by atoms with E-state index < -0.39 is 5.97 Å². The molecule has 0 unspecified atom stereocenters. The molecule has 0 aliphatic heterocycles. The molecule has 0 spiro atoms. The van der Waals surface area contributed by atoms with Gasteiger partial charge in [-0.1, -0.05) is 11.2 Å². The Morgan fingerprint density at radius 3 is 3.21 bits per heavy atom. The molecule has 0 aliphatic rings. The maximum Gasteiger partial charge on any atom is 0.358 e. The molecule has 0 radical (unpaired) electrons. The molecule has 0 saturated carbocycles. The van der Waals surface area contributed by atoms with E-state index in [1.54, 1.807) is 24.4 Å². The molecule has 0 aliphatic carbocycles. The van der Waals surface area contributed by atoms with Crippen molar-refractivity contribution >= 4 is 22.4 Å². The van der Waals surface area contributed by atoms with Crippen molar-refractivity contribution in [2.45, 2.75) is 13.5 Å². The molecule has 2 aromatic heterocycles. The van der Waals surface area contributed by atoms with Gasteiger partial charge in [0.1, 0.15) is 0 Å². The standard InChI is InChI=1S/C12H13N3O3S/c1-3-4-13-12-14-10(7-19-12)11(16)17-6-9-5-8(2)15-18-9/h3,5,7H,1,4,6H2,2H3,(H,13,14). The maximum atomic E-state index is 11.7. The van der Waals surface area contributed by atoms with Gasteiger partial charge in [-0.05, 0) is 6.92 Å². The number of carbonyl (C=O) groups excluding carboxylic acids is 1. The van der Waals surface area contributed by atoms with E-state index in [1.807, 2.05) is 0 Å². The lowest BCUT2D eigenvalue weighted by atomic mass is 10.4. The number of thiazole rings is 1. The van der Waals surface area contributed by atoms with Crippen molar-refractivity contribution < 1.29 is 14.1 Å². The number of ether oxygens (including phenoxy) is 1. The summed E-state index contributed by atoms with van der Waals surface area (Å²) in [6.07, 6.45) is 1.71. The molecule has 6 nitrogen and oxygen atoms in total. The number of hydrogen-bond acceptors (Lipinski definition) is 7. The predicted octanol–water partition coefficient (Wildman–Crippen LogP) is 2.39. The fourth-order valence-electron chi connectivity index (χ4n) is 1.30. The van der Waals surface area contributed by atoms with E-state index in [-0.39, 0.29) is 12.3 Å². The minimum atomic E-state index is -0.489. The quantitative estimate of drug-likeness (QED) is 0.646. The van der Waals surface area contributed by atoms with Gasteiger partial charge in [-0.15, -0.1) is 17.9 Å². The van der Waals surface area contributed by atoms with Crippen LogP contribution in [0, 0.1) is 6.92 Å². The first-order valence-corrected chi connectivity index (χ1v) is 6.46. The average Bonchev–Trinajstić information content (AvgIpc) is 3.02. The van der Waals surface area contributed by atoms with Gasteiger partial charge in [-0.2, -0.15) is 0 Å². The lowest BCUT2D eigenvalue weighted by Gasteiger charge is -1.99.